The maximum atomic E-state index is 6.50. The molecule has 0 amide bonds. The fraction of sp³-hybridized carbons (Fsp3) is 0.875. The Hall–Kier alpha value is 0.397. The largest absolute Gasteiger partial charge is 0.411 e. The van der Waals surface area contributed by atoms with Gasteiger partial charge in [0.2, 0.25) is 0 Å². The summed E-state index contributed by atoms with van der Waals surface area (Å²) < 4.78 is 6.50. The molecule has 0 aromatic heterocycles. The predicted octanol–water partition coefficient (Wildman–Crippen LogP) is 6.50. The molecule has 0 aliphatic rings. The Morgan fingerprint density at radius 1 is 1.16 bits per heavy atom. The third-order valence-electron chi connectivity index (χ3n) is 4.60. The number of halogens is 1. The van der Waals surface area contributed by atoms with E-state index in [4.69, 9.17) is 4.43 Å². The van der Waals surface area contributed by atoms with Crippen molar-refractivity contribution in [2.75, 3.05) is 0 Å². The highest BCUT2D eigenvalue weighted by molar-refractivity contribution is 9.11. The fourth-order valence-electron chi connectivity index (χ4n) is 1.54. The Morgan fingerprint density at radius 3 is 2.05 bits per heavy atom. The first-order valence-corrected chi connectivity index (χ1v) is 11.2. The molecule has 1 nitrogen and oxygen atoms in total. The Morgan fingerprint density at radius 2 is 1.68 bits per heavy atom. The molecule has 0 rings (SSSR count). The topological polar surface area (TPSA) is 9.23 Å². The molecule has 0 saturated heterocycles. The van der Waals surface area contributed by atoms with Crippen molar-refractivity contribution in [3.8, 4) is 0 Å². The monoisotopic (exact) mass is 348 g/mol. The SMILES string of the molecule is CCC(C)(C)CC[C@@H](/C=C/Br)O[Si](C)(C)C(C)(C)C. The van der Waals surface area contributed by atoms with Crippen LogP contribution >= 0.6 is 15.9 Å². The van der Waals surface area contributed by atoms with E-state index in [1.807, 2.05) is 4.99 Å². The van der Waals surface area contributed by atoms with Gasteiger partial charge in [0.25, 0.3) is 0 Å². The third kappa shape index (κ3) is 7.10. The van der Waals surface area contributed by atoms with Gasteiger partial charge in [-0.1, -0.05) is 70.0 Å². The van der Waals surface area contributed by atoms with Gasteiger partial charge in [0.05, 0.1) is 6.10 Å². The molecule has 0 unspecified atom stereocenters. The van der Waals surface area contributed by atoms with Crippen molar-refractivity contribution in [3.63, 3.8) is 0 Å². The Labute approximate surface area is 130 Å². The molecule has 0 fully saturated rings. The fourth-order valence-corrected chi connectivity index (χ4v) is 3.19. The Bertz CT molecular complexity index is 290. The van der Waals surface area contributed by atoms with Crippen molar-refractivity contribution in [2.24, 2.45) is 5.41 Å². The molecule has 0 saturated carbocycles. The molecule has 0 radical (unpaired) electrons. The molecule has 0 spiro atoms. The first kappa shape index (κ1) is 19.4. The second kappa shape index (κ2) is 7.42. The van der Waals surface area contributed by atoms with Gasteiger partial charge < -0.3 is 4.43 Å². The van der Waals surface area contributed by atoms with Crippen LogP contribution in [0.3, 0.4) is 0 Å². The van der Waals surface area contributed by atoms with Gasteiger partial charge in [-0.3, -0.25) is 0 Å². The molecule has 1 atom stereocenters. The maximum Gasteiger partial charge on any atom is 0.192 e. The van der Waals surface area contributed by atoms with Crippen LogP contribution in [0.4, 0.5) is 0 Å². The number of hydrogen-bond donors (Lipinski definition) is 0. The first-order valence-electron chi connectivity index (χ1n) is 7.40. The smallest absolute Gasteiger partial charge is 0.192 e. The van der Waals surface area contributed by atoms with Crippen LogP contribution in [0.5, 0.6) is 0 Å². The van der Waals surface area contributed by atoms with E-state index < -0.39 is 8.32 Å². The minimum absolute atomic E-state index is 0.242. The van der Waals surface area contributed by atoms with Gasteiger partial charge in [0.15, 0.2) is 8.32 Å². The summed E-state index contributed by atoms with van der Waals surface area (Å²) in [7, 11) is -1.68. The molecule has 0 aromatic carbocycles. The molecule has 19 heavy (non-hydrogen) atoms. The zero-order valence-corrected chi connectivity index (χ0v) is 16.7. The van der Waals surface area contributed by atoms with E-state index in [1.54, 1.807) is 0 Å². The van der Waals surface area contributed by atoms with Crippen LogP contribution in [0.2, 0.25) is 18.1 Å². The zero-order valence-electron chi connectivity index (χ0n) is 14.1. The normalized spacial score (nSPS) is 16.1. The quantitative estimate of drug-likeness (QED) is 0.477. The summed E-state index contributed by atoms with van der Waals surface area (Å²) in [4.78, 5) is 1.95. The average molecular weight is 349 g/mol. The van der Waals surface area contributed by atoms with Crippen LogP contribution in [0.15, 0.2) is 11.1 Å². The number of hydrogen-bond acceptors (Lipinski definition) is 1. The van der Waals surface area contributed by atoms with Crippen molar-refractivity contribution >= 4 is 24.2 Å². The van der Waals surface area contributed by atoms with E-state index in [2.05, 4.69) is 76.6 Å². The molecule has 0 aromatic rings. The average Bonchev–Trinajstić information content (AvgIpc) is 2.24. The van der Waals surface area contributed by atoms with Crippen molar-refractivity contribution < 1.29 is 4.43 Å². The van der Waals surface area contributed by atoms with Crippen molar-refractivity contribution in [1.82, 2.24) is 0 Å². The van der Waals surface area contributed by atoms with Crippen LogP contribution in [0.25, 0.3) is 0 Å². The lowest BCUT2D eigenvalue weighted by atomic mass is 9.84. The summed E-state index contributed by atoms with van der Waals surface area (Å²) in [6, 6.07) is 0. The standard InChI is InChI=1S/C16H33BrOSi/c1-9-16(5,6)12-10-14(11-13-17)18-19(7,8)15(2,3)4/h11,13-14H,9-10,12H2,1-8H3/b13-11+/t14-/m0/s1. The van der Waals surface area contributed by atoms with Crippen LogP contribution < -0.4 is 0 Å². The second-order valence-corrected chi connectivity index (χ2v) is 13.1. The van der Waals surface area contributed by atoms with E-state index in [-0.39, 0.29) is 11.1 Å². The highest BCUT2D eigenvalue weighted by Crippen LogP contribution is 2.38. The minimum atomic E-state index is -1.68. The van der Waals surface area contributed by atoms with Gasteiger partial charge in [-0.05, 0) is 41.4 Å². The summed E-state index contributed by atoms with van der Waals surface area (Å²) in [6.45, 7) is 18.5. The summed E-state index contributed by atoms with van der Waals surface area (Å²) >= 11 is 3.40. The Kier molecular flexibility index (Phi) is 7.57. The van der Waals surface area contributed by atoms with Gasteiger partial charge in [0.1, 0.15) is 0 Å². The molecule has 114 valence electrons. The zero-order chi connectivity index (χ0) is 15.3. The van der Waals surface area contributed by atoms with Gasteiger partial charge in [-0.25, -0.2) is 0 Å². The van der Waals surface area contributed by atoms with E-state index in [0.29, 0.717) is 5.41 Å². The van der Waals surface area contributed by atoms with Gasteiger partial charge in [-0.15, -0.1) is 0 Å². The second-order valence-electron chi connectivity index (χ2n) is 7.79. The number of rotatable bonds is 7. The molecule has 0 N–H and O–H groups in total. The highest BCUT2D eigenvalue weighted by atomic mass is 79.9. The maximum absolute atomic E-state index is 6.50. The molecule has 3 heteroatoms. The van der Waals surface area contributed by atoms with Crippen LogP contribution in [0.1, 0.15) is 60.8 Å². The minimum Gasteiger partial charge on any atom is -0.411 e. The van der Waals surface area contributed by atoms with Crippen molar-refractivity contribution in [3.05, 3.63) is 11.1 Å². The molecule has 0 aliphatic heterocycles. The molecule has 0 heterocycles. The predicted molar refractivity (Wildman–Crippen MR) is 93.4 cm³/mol. The van der Waals surface area contributed by atoms with Crippen molar-refractivity contribution in [1.29, 1.82) is 0 Å². The lowest BCUT2D eigenvalue weighted by Gasteiger charge is -2.39. The van der Waals surface area contributed by atoms with E-state index in [0.717, 1.165) is 6.42 Å². The van der Waals surface area contributed by atoms with Crippen molar-refractivity contribution in [2.45, 2.75) is 85.0 Å². The highest BCUT2D eigenvalue weighted by Gasteiger charge is 2.38. The summed E-state index contributed by atoms with van der Waals surface area (Å²) in [6.07, 6.45) is 5.94. The third-order valence-corrected chi connectivity index (χ3v) is 9.41. The lowest BCUT2D eigenvalue weighted by Crippen LogP contribution is -2.43. The van der Waals surface area contributed by atoms with Gasteiger partial charge in [0, 0.05) is 0 Å². The molecule has 0 aliphatic carbocycles. The Balaban J connectivity index is 4.68. The summed E-state index contributed by atoms with van der Waals surface area (Å²) in [5.41, 5.74) is 0.412. The van der Waals surface area contributed by atoms with Crippen LogP contribution in [-0.4, -0.2) is 14.4 Å². The van der Waals surface area contributed by atoms with E-state index in [9.17, 15) is 0 Å². The summed E-state index contributed by atoms with van der Waals surface area (Å²) in [5, 5.41) is 0.270. The van der Waals surface area contributed by atoms with Crippen LogP contribution in [-0.2, 0) is 4.43 Å². The van der Waals surface area contributed by atoms with Gasteiger partial charge >= 0.3 is 0 Å². The van der Waals surface area contributed by atoms with E-state index >= 15 is 0 Å². The molecular formula is C16H33BrOSi. The lowest BCUT2D eigenvalue weighted by molar-refractivity contribution is 0.185. The first-order chi connectivity index (χ1) is 8.45. The van der Waals surface area contributed by atoms with E-state index in [1.165, 1.54) is 12.8 Å². The molecular weight excluding hydrogens is 316 g/mol. The van der Waals surface area contributed by atoms with Crippen LogP contribution in [0, 0.1) is 5.41 Å². The van der Waals surface area contributed by atoms with Gasteiger partial charge in [-0.2, -0.15) is 0 Å². The summed E-state index contributed by atoms with van der Waals surface area (Å²) in [5.74, 6) is 0. The molecule has 0 bridgehead atoms.